The maximum Gasteiger partial charge on any atom is 0.248 e. The third-order valence-corrected chi connectivity index (χ3v) is 3.89. The molecule has 0 spiro atoms. The van der Waals surface area contributed by atoms with E-state index in [9.17, 15) is 4.79 Å². The van der Waals surface area contributed by atoms with Crippen molar-refractivity contribution in [2.24, 2.45) is 5.73 Å². The van der Waals surface area contributed by atoms with Gasteiger partial charge < -0.3 is 15.4 Å². The first-order valence-corrected chi connectivity index (χ1v) is 7.11. The molecule has 0 aromatic carbocycles. The molecule has 2 saturated heterocycles. The van der Waals surface area contributed by atoms with Crippen molar-refractivity contribution in [3.63, 3.8) is 0 Å². The van der Waals surface area contributed by atoms with Crippen LogP contribution in [0.25, 0.3) is 0 Å². The van der Waals surface area contributed by atoms with Gasteiger partial charge in [-0.15, -0.1) is 0 Å². The van der Waals surface area contributed by atoms with E-state index in [1.165, 1.54) is 32.4 Å². The second-order valence-electron chi connectivity index (χ2n) is 5.22. The molecule has 2 aliphatic rings. The summed E-state index contributed by atoms with van der Waals surface area (Å²) in [4.78, 5) is 16.5. The molecule has 5 nitrogen and oxygen atoms in total. The number of ether oxygens (including phenoxy) is 1. The van der Waals surface area contributed by atoms with Gasteiger partial charge in [-0.05, 0) is 38.8 Å². The van der Waals surface area contributed by atoms with Crippen molar-refractivity contribution >= 4 is 5.91 Å². The summed E-state index contributed by atoms with van der Waals surface area (Å²) in [5.74, 6) is 0.118. The van der Waals surface area contributed by atoms with Crippen molar-refractivity contribution < 1.29 is 9.53 Å². The molecule has 1 unspecified atom stereocenters. The molecule has 0 aromatic heterocycles. The highest BCUT2D eigenvalue weighted by Crippen LogP contribution is 2.20. The van der Waals surface area contributed by atoms with Gasteiger partial charge in [0.25, 0.3) is 0 Å². The van der Waals surface area contributed by atoms with Gasteiger partial charge in [-0.2, -0.15) is 0 Å². The second-order valence-corrected chi connectivity index (χ2v) is 5.22. The molecule has 0 radical (unpaired) electrons. The molecule has 2 heterocycles. The molecule has 1 atom stereocenters. The molecular formula is C13H25N3O2. The van der Waals surface area contributed by atoms with Crippen LogP contribution < -0.4 is 5.73 Å². The van der Waals surface area contributed by atoms with Crippen LogP contribution in [0.5, 0.6) is 0 Å². The third kappa shape index (κ3) is 3.67. The Bertz CT molecular complexity index is 267. The fraction of sp³-hybridized carbons (Fsp3) is 0.923. The molecule has 2 fully saturated rings. The van der Waals surface area contributed by atoms with Crippen LogP contribution in [-0.4, -0.2) is 67.7 Å². The molecule has 18 heavy (non-hydrogen) atoms. The first-order valence-electron chi connectivity index (χ1n) is 7.11. The highest BCUT2D eigenvalue weighted by molar-refractivity contribution is 5.77. The van der Waals surface area contributed by atoms with E-state index in [2.05, 4.69) is 4.90 Å². The van der Waals surface area contributed by atoms with Crippen LogP contribution in [-0.2, 0) is 9.53 Å². The number of piperidine rings is 1. The summed E-state index contributed by atoms with van der Waals surface area (Å²) in [5, 5.41) is 0. The summed E-state index contributed by atoms with van der Waals surface area (Å²) in [6, 6.07) is 0.569. The molecule has 0 saturated carbocycles. The lowest BCUT2D eigenvalue weighted by Gasteiger charge is -2.37. The molecule has 5 heteroatoms. The van der Waals surface area contributed by atoms with Gasteiger partial charge in [0, 0.05) is 25.7 Å². The van der Waals surface area contributed by atoms with Crippen LogP contribution in [0.3, 0.4) is 0 Å². The summed E-state index contributed by atoms with van der Waals surface area (Å²) < 4.78 is 5.23. The van der Waals surface area contributed by atoms with Gasteiger partial charge >= 0.3 is 0 Å². The average Bonchev–Trinajstić information content (AvgIpc) is 2.93. The van der Waals surface area contributed by atoms with E-state index in [4.69, 9.17) is 10.5 Å². The van der Waals surface area contributed by atoms with Crippen molar-refractivity contribution in [1.82, 2.24) is 9.80 Å². The Morgan fingerprint density at radius 3 is 2.72 bits per heavy atom. The normalized spacial score (nSPS) is 25.6. The number of hydrogen-bond donors (Lipinski definition) is 1. The number of carbonyl (C=O) groups excluding carboxylic acids is 1. The molecule has 0 aromatic rings. The van der Waals surface area contributed by atoms with Crippen LogP contribution >= 0.6 is 0 Å². The molecular weight excluding hydrogens is 230 g/mol. The number of nitrogens with zero attached hydrogens (tertiary/aromatic N) is 2. The number of hydrogen-bond acceptors (Lipinski definition) is 4. The van der Waals surface area contributed by atoms with E-state index in [1.807, 2.05) is 4.90 Å². The van der Waals surface area contributed by atoms with Gasteiger partial charge in [0.05, 0.1) is 6.61 Å². The van der Waals surface area contributed by atoms with Gasteiger partial charge in [0.2, 0.25) is 5.91 Å². The lowest BCUT2D eigenvalue weighted by atomic mass is 10.0. The van der Waals surface area contributed by atoms with Gasteiger partial charge in [-0.25, -0.2) is 0 Å². The summed E-state index contributed by atoms with van der Waals surface area (Å²) in [6.45, 7) is 5.30. The number of amides is 1. The Labute approximate surface area is 109 Å². The topological polar surface area (TPSA) is 58.8 Å². The monoisotopic (exact) mass is 255 g/mol. The standard InChI is InChI=1S/C13H25N3O2/c14-5-9-18-11-13(17)16-8-3-4-12(10-16)15-6-1-2-7-15/h12H,1-11,14H2. The van der Waals surface area contributed by atoms with Crippen molar-refractivity contribution in [3.05, 3.63) is 0 Å². The maximum atomic E-state index is 12.0. The molecule has 0 aliphatic carbocycles. The zero-order valence-electron chi connectivity index (χ0n) is 11.1. The van der Waals surface area contributed by atoms with E-state index in [-0.39, 0.29) is 12.5 Å². The van der Waals surface area contributed by atoms with Gasteiger partial charge in [0.1, 0.15) is 6.61 Å². The molecule has 2 rings (SSSR count). The van der Waals surface area contributed by atoms with E-state index < -0.39 is 0 Å². The third-order valence-electron chi connectivity index (χ3n) is 3.89. The fourth-order valence-corrected chi connectivity index (χ4v) is 2.92. The van der Waals surface area contributed by atoms with Crippen LogP contribution in [0.1, 0.15) is 25.7 Å². The van der Waals surface area contributed by atoms with Crippen LogP contribution in [0.2, 0.25) is 0 Å². The smallest absolute Gasteiger partial charge is 0.248 e. The van der Waals surface area contributed by atoms with Crippen LogP contribution in [0, 0.1) is 0 Å². The van der Waals surface area contributed by atoms with Gasteiger partial charge in [0.15, 0.2) is 0 Å². The van der Waals surface area contributed by atoms with Crippen molar-refractivity contribution in [2.45, 2.75) is 31.7 Å². The molecule has 104 valence electrons. The number of carbonyl (C=O) groups is 1. The van der Waals surface area contributed by atoms with Crippen LogP contribution in [0.15, 0.2) is 0 Å². The summed E-state index contributed by atoms with van der Waals surface area (Å²) >= 11 is 0. The first kappa shape index (κ1) is 13.8. The molecule has 0 bridgehead atoms. The Balaban J connectivity index is 1.76. The highest BCUT2D eigenvalue weighted by Gasteiger charge is 2.28. The Kier molecular flexibility index (Phi) is 5.41. The van der Waals surface area contributed by atoms with Gasteiger partial charge in [-0.1, -0.05) is 0 Å². The number of likely N-dealkylation sites (tertiary alicyclic amines) is 2. The summed E-state index contributed by atoms with van der Waals surface area (Å²) in [5.41, 5.74) is 5.34. The number of nitrogens with two attached hydrogens (primary N) is 1. The average molecular weight is 255 g/mol. The molecule has 1 amide bonds. The Morgan fingerprint density at radius 2 is 2.00 bits per heavy atom. The Hall–Kier alpha value is -0.650. The summed E-state index contributed by atoms with van der Waals surface area (Å²) in [7, 11) is 0. The van der Waals surface area contributed by atoms with E-state index in [1.54, 1.807) is 0 Å². The zero-order valence-corrected chi connectivity index (χ0v) is 11.1. The van der Waals surface area contributed by atoms with E-state index >= 15 is 0 Å². The minimum absolute atomic E-state index is 0.118. The SMILES string of the molecule is NCCOCC(=O)N1CCCC(N2CCCC2)C1. The Morgan fingerprint density at radius 1 is 1.22 bits per heavy atom. The lowest BCUT2D eigenvalue weighted by Crippen LogP contribution is -2.49. The summed E-state index contributed by atoms with van der Waals surface area (Å²) in [6.07, 6.45) is 4.96. The van der Waals surface area contributed by atoms with Crippen molar-refractivity contribution in [1.29, 1.82) is 0 Å². The minimum atomic E-state index is 0.118. The minimum Gasteiger partial charge on any atom is -0.370 e. The van der Waals surface area contributed by atoms with Crippen molar-refractivity contribution in [3.8, 4) is 0 Å². The van der Waals surface area contributed by atoms with Gasteiger partial charge in [-0.3, -0.25) is 9.69 Å². The zero-order chi connectivity index (χ0) is 12.8. The number of rotatable bonds is 5. The predicted octanol–water partition coefficient (Wildman–Crippen LogP) is 0.0485. The largest absolute Gasteiger partial charge is 0.370 e. The second kappa shape index (κ2) is 7.07. The molecule has 2 N–H and O–H groups in total. The fourth-order valence-electron chi connectivity index (χ4n) is 2.92. The van der Waals surface area contributed by atoms with E-state index in [0.717, 1.165) is 19.5 Å². The van der Waals surface area contributed by atoms with Crippen LogP contribution in [0.4, 0.5) is 0 Å². The quantitative estimate of drug-likeness (QED) is 0.705. The van der Waals surface area contributed by atoms with Crippen molar-refractivity contribution in [2.75, 3.05) is 45.9 Å². The maximum absolute atomic E-state index is 12.0. The molecule has 2 aliphatic heterocycles. The van der Waals surface area contributed by atoms with E-state index in [0.29, 0.717) is 19.2 Å². The predicted molar refractivity (Wildman–Crippen MR) is 70.3 cm³/mol. The highest BCUT2D eigenvalue weighted by atomic mass is 16.5. The lowest BCUT2D eigenvalue weighted by molar-refractivity contribution is -0.138. The first-order chi connectivity index (χ1) is 8.81.